The number of carbonyl (C=O) groups excluding carboxylic acids is 1. The molecule has 2 unspecified atom stereocenters. The standard InChI is InChI=1S/C16H22N2O2S/c1-12-6-7-17(15(19)10-12)11-16(20)18-8-9-21-14-5-3-2-4-13(14)18/h6-7,10,13-14H,2-5,8-9,11H2,1H3. The summed E-state index contributed by atoms with van der Waals surface area (Å²) in [5.74, 6) is 1.12. The highest BCUT2D eigenvalue weighted by molar-refractivity contribution is 8.00. The van der Waals surface area contributed by atoms with Crippen LogP contribution in [0.3, 0.4) is 0 Å². The molecule has 2 atom stereocenters. The summed E-state index contributed by atoms with van der Waals surface area (Å²) in [5.41, 5.74) is 0.848. The van der Waals surface area contributed by atoms with E-state index in [1.54, 1.807) is 12.3 Å². The molecule has 4 nitrogen and oxygen atoms in total. The number of aryl methyl sites for hydroxylation is 1. The largest absolute Gasteiger partial charge is 0.336 e. The lowest BCUT2D eigenvalue weighted by Crippen LogP contribution is -2.52. The molecule has 0 N–H and O–H groups in total. The van der Waals surface area contributed by atoms with Gasteiger partial charge in [-0.15, -0.1) is 0 Å². The maximum Gasteiger partial charge on any atom is 0.251 e. The Bertz CT molecular complexity index is 582. The first-order valence-electron chi connectivity index (χ1n) is 7.73. The molecule has 21 heavy (non-hydrogen) atoms. The van der Waals surface area contributed by atoms with E-state index in [1.807, 2.05) is 29.7 Å². The van der Waals surface area contributed by atoms with Crippen LogP contribution < -0.4 is 5.56 Å². The van der Waals surface area contributed by atoms with E-state index in [1.165, 1.54) is 23.8 Å². The molecule has 0 radical (unpaired) electrons. The van der Waals surface area contributed by atoms with E-state index in [0.717, 1.165) is 24.3 Å². The van der Waals surface area contributed by atoms with Crippen LogP contribution in [0.4, 0.5) is 0 Å². The van der Waals surface area contributed by atoms with Gasteiger partial charge in [-0.2, -0.15) is 11.8 Å². The van der Waals surface area contributed by atoms with Crippen LogP contribution in [0.1, 0.15) is 31.2 Å². The van der Waals surface area contributed by atoms with Crippen LogP contribution in [0.5, 0.6) is 0 Å². The van der Waals surface area contributed by atoms with Gasteiger partial charge in [0.05, 0.1) is 0 Å². The number of amides is 1. The number of aromatic nitrogens is 1. The van der Waals surface area contributed by atoms with Gasteiger partial charge >= 0.3 is 0 Å². The summed E-state index contributed by atoms with van der Waals surface area (Å²) in [6.45, 7) is 2.89. The zero-order valence-corrected chi connectivity index (χ0v) is 13.3. The van der Waals surface area contributed by atoms with Gasteiger partial charge in [0, 0.05) is 35.9 Å². The van der Waals surface area contributed by atoms with E-state index in [9.17, 15) is 9.59 Å². The van der Waals surface area contributed by atoms with Gasteiger partial charge in [-0.1, -0.05) is 12.8 Å². The van der Waals surface area contributed by atoms with Crippen molar-refractivity contribution < 1.29 is 4.79 Å². The Morgan fingerprint density at radius 1 is 1.38 bits per heavy atom. The minimum Gasteiger partial charge on any atom is -0.336 e. The number of rotatable bonds is 2. The molecule has 0 aromatic carbocycles. The van der Waals surface area contributed by atoms with Gasteiger partial charge in [-0.3, -0.25) is 9.59 Å². The first kappa shape index (κ1) is 14.7. The minimum absolute atomic E-state index is 0.0880. The smallest absolute Gasteiger partial charge is 0.251 e. The Balaban J connectivity index is 1.73. The van der Waals surface area contributed by atoms with Crippen LogP contribution in [0.25, 0.3) is 0 Å². The second-order valence-corrected chi connectivity index (χ2v) is 7.37. The Hall–Kier alpha value is -1.23. The molecule has 2 heterocycles. The third-order valence-electron chi connectivity index (χ3n) is 4.51. The molecule has 3 rings (SSSR count). The van der Waals surface area contributed by atoms with Gasteiger partial charge in [0.25, 0.3) is 5.56 Å². The molecule has 1 saturated carbocycles. The van der Waals surface area contributed by atoms with Gasteiger partial charge in [0.1, 0.15) is 6.54 Å². The van der Waals surface area contributed by atoms with Crippen molar-refractivity contribution in [2.24, 2.45) is 0 Å². The molecule has 1 aliphatic carbocycles. The first-order chi connectivity index (χ1) is 10.1. The van der Waals surface area contributed by atoms with E-state index >= 15 is 0 Å². The molecule has 2 aliphatic rings. The summed E-state index contributed by atoms with van der Waals surface area (Å²) < 4.78 is 1.52. The molecule has 1 saturated heterocycles. The van der Waals surface area contributed by atoms with Crippen LogP contribution in [0.15, 0.2) is 23.1 Å². The normalized spacial score (nSPS) is 25.5. The number of thioether (sulfide) groups is 1. The fraction of sp³-hybridized carbons (Fsp3) is 0.625. The number of hydrogen-bond acceptors (Lipinski definition) is 3. The highest BCUT2D eigenvalue weighted by Crippen LogP contribution is 2.35. The Morgan fingerprint density at radius 3 is 3.00 bits per heavy atom. The van der Waals surface area contributed by atoms with Crippen LogP contribution in [0, 0.1) is 6.92 Å². The molecule has 2 fully saturated rings. The summed E-state index contributed by atoms with van der Waals surface area (Å²) in [6.07, 6.45) is 6.58. The van der Waals surface area contributed by atoms with Crippen LogP contribution in [-0.2, 0) is 11.3 Å². The van der Waals surface area contributed by atoms with Crippen molar-refractivity contribution in [3.8, 4) is 0 Å². The van der Waals surface area contributed by atoms with Crippen molar-refractivity contribution in [3.63, 3.8) is 0 Å². The number of fused-ring (bicyclic) bond motifs is 1. The Morgan fingerprint density at radius 2 is 2.19 bits per heavy atom. The van der Waals surface area contributed by atoms with Crippen LogP contribution >= 0.6 is 11.8 Å². The lowest BCUT2D eigenvalue weighted by Gasteiger charge is -2.43. The summed E-state index contributed by atoms with van der Waals surface area (Å²) >= 11 is 2.02. The van der Waals surface area contributed by atoms with Crippen LogP contribution in [0.2, 0.25) is 0 Å². The van der Waals surface area contributed by atoms with Crippen LogP contribution in [-0.4, -0.2) is 39.0 Å². The monoisotopic (exact) mass is 306 g/mol. The van der Waals surface area contributed by atoms with Crippen molar-refractivity contribution in [2.75, 3.05) is 12.3 Å². The van der Waals surface area contributed by atoms with Gasteiger partial charge in [-0.05, 0) is 31.4 Å². The zero-order valence-electron chi connectivity index (χ0n) is 12.5. The van der Waals surface area contributed by atoms with Gasteiger partial charge in [0.2, 0.25) is 5.91 Å². The molecule has 1 aromatic heterocycles. The predicted molar refractivity (Wildman–Crippen MR) is 85.7 cm³/mol. The van der Waals surface area contributed by atoms with E-state index in [4.69, 9.17) is 0 Å². The Labute approximate surface area is 129 Å². The summed E-state index contributed by atoms with van der Waals surface area (Å²) in [7, 11) is 0. The lowest BCUT2D eigenvalue weighted by atomic mass is 9.93. The summed E-state index contributed by atoms with van der Waals surface area (Å²) in [4.78, 5) is 26.6. The van der Waals surface area contributed by atoms with Gasteiger partial charge in [-0.25, -0.2) is 0 Å². The quantitative estimate of drug-likeness (QED) is 0.840. The van der Waals surface area contributed by atoms with Crippen molar-refractivity contribution in [1.82, 2.24) is 9.47 Å². The van der Waals surface area contributed by atoms with E-state index in [0.29, 0.717) is 11.3 Å². The molecule has 0 bridgehead atoms. The fourth-order valence-electron chi connectivity index (χ4n) is 3.38. The SMILES string of the molecule is Cc1ccn(CC(=O)N2CCSC3CCCCC32)c(=O)c1. The Kier molecular flexibility index (Phi) is 4.38. The average Bonchev–Trinajstić information content (AvgIpc) is 2.49. The molecule has 0 spiro atoms. The molecule has 1 aromatic rings. The summed E-state index contributed by atoms with van der Waals surface area (Å²) in [5, 5.41) is 0.603. The maximum atomic E-state index is 12.6. The predicted octanol–water partition coefficient (Wildman–Crippen LogP) is 2.04. The number of carbonyl (C=O) groups is 1. The highest BCUT2D eigenvalue weighted by Gasteiger charge is 2.36. The highest BCUT2D eigenvalue weighted by atomic mass is 32.2. The first-order valence-corrected chi connectivity index (χ1v) is 8.78. The third-order valence-corrected chi connectivity index (χ3v) is 5.91. The van der Waals surface area contributed by atoms with Crippen molar-refractivity contribution in [2.45, 2.75) is 50.4 Å². The molecule has 114 valence electrons. The maximum absolute atomic E-state index is 12.6. The average molecular weight is 306 g/mol. The molecule has 1 aliphatic heterocycles. The van der Waals surface area contributed by atoms with Crippen molar-refractivity contribution in [1.29, 1.82) is 0 Å². The number of pyridine rings is 1. The minimum atomic E-state index is -0.0880. The topological polar surface area (TPSA) is 42.3 Å². The number of hydrogen-bond donors (Lipinski definition) is 0. The molecular formula is C16H22N2O2S. The molecule has 5 heteroatoms. The fourth-order valence-corrected chi connectivity index (χ4v) is 4.82. The number of nitrogens with zero attached hydrogens (tertiary/aromatic N) is 2. The van der Waals surface area contributed by atoms with Crippen molar-refractivity contribution >= 4 is 17.7 Å². The molecular weight excluding hydrogens is 284 g/mol. The van der Waals surface area contributed by atoms with Gasteiger partial charge in [0.15, 0.2) is 0 Å². The third kappa shape index (κ3) is 3.18. The zero-order chi connectivity index (χ0) is 14.8. The second kappa shape index (κ2) is 6.26. The van der Waals surface area contributed by atoms with E-state index in [-0.39, 0.29) is 18.0 Å². The molecule has 1 amide bonds. The van der Waals surface area contributed by atoms with E-state index < -0.39 is 0 Å². The summed E-state index contributed by atoms with van der Waals surface area (Å²) in [6, 6.07) is 3.85. The lowest BCUT2D eigenvalue weighted by molar-refractivity contribution is -0.134. The second-order valence-electron chi connectivity index (χ2n) is 6.02. The van der Waals surface area contributed by atoms with E-state index in [2.05, 4.69) is 0 Å². The van der Waals surface area contributed by atoms with Gasteiger partial charge < -0.3 is 9.47 Å². The van der Waals surface area contributed by atoms with Crippen molar-refractivity contribution in [3.05, 3.63) is 34.2 Å².